The fraction of sp³-hybridized carbons (Fsp3) is 0.167. The Labute approximate surface area is 113 Å². The molecule has 17 heavy (non-hydrogen) atoms. The molecule has 0 aliphatic heterocycles. The second-order valence-electron chi connectivity index (χ2n) is 3.76. The Morgan fingerprint density at radius 2 is 2.18 bits per heavy atom. The highest BCUT2D eigenvalue weighted by Gasteiger charge is 2.17. The van der Waals surface area contributed by atoms with Crippen LogP contribution in [-0.4, -0.2) is 15.6 Å². The summed E-state index contributed by atoms with van der Waals surface area (Å²) in [6.07, 6.45) is 1.47. The van der Waals surface area contributed by atoms with Gasteiger partial charge >= 0.3 is 0 Å². The van der Waals surface area contributed by atoms with Crippen LogP contribution in [0.1, 0.15) is 21.6 Å². The summed E-state index contributed by atoms with van der Waals surface area (Å²) < 4.78 is 2.47. The van der Waals surface area contributed by atoms with E-state index >= 15 is 0 Å². The molecule has 5 heteroatoms. The fourth-order valence-corrected chi connectivity index (χ4v) is 2.09. The highest BCUT2D eigenvalue weighted by molar-refractivity contribution is 9.10. The third kappa shape index (κ3) is 2.28. The molecule has 0 aliphatic rings. The minimum absolute atomic E-state index is 0.120. The van der Waals surface area contributed by atoms with Gasteiger partial charge in [0.25, 0.3) is 0 Å². The maximum absolute atomic E-state index is 12.3. The number of ketones is 1. The van der Waals surface area contributed by atoms with Crippen LogP contribution < -0.4 is 0 Å². The van der Waals surface area contributed by atoms with Gasteiger partial charge in [0.1, 0.15) is 5.69 Å². The van der Waals surface area contributed by atoms with Gasteiger partial charge in [0.05, 0.1) is 11.2 Å². The molecular formula is C12H10BrClN2O. The average Bonchev–Trinajstić information content (AvgIpc) is 2.62. The highest BCUT2D eigenvalue weighted by atomic mass is 79.9. The number of carbonyl (C=O) groups is 1. The summed E-state index contributed by atoms with van der Waals surface area (Å²) in [6, 6.07) is 5.45. The molecule has 0 fully saturated rings. The average molecular weight is 314 g/mol. The van der Waals surface area contributed by atoms with E-state index in [1.807, 2.05) is 19.1 Å². The Kier molecular flexibility index (Phi) is 3.35. The summed E-state index contributed by atoms with van der Waals surface area (Å²) in [5.74, 6) is -0.120. The first-order valence-corrected chi connectivity index (χ1v) is 6.16. The molecule has 0 unspecified atom stereocenters. The lowest BCUT2D eigenvalue weighted by Crippen LogP contribution is -2.09. The minimum Gasteiger partial charge on any atom is -0.287 e. The standard InChI is InChI=1S/C12H10BrClN2O/c1-7-5-8(3-4-9(7)13)12(17)11-10(14)6-15-16(11)2/h3-6H,1-2H3. The lowest BCUT2D eigenvalue weighted by atomic mass is 10.1. The van der Waals surface area contributed by atoms with Crippen molar-refractivity contribution >= 4 is 33.3 Å². The fourth-order valence-electron chi connectivity index (χ4n) is 1.59. The Morgan fingerprint density at radius 3 is 2.71 bits per heavy atom. The van der Waals surface area contributed by atoms with E-state index in [4.69, 9.17) is 11.6 Å². The van der Waals surface area contributed by atoms with Crippen LogP contribution in [0.3, 0.4) is 0 Å². The van der Waals surface area contributed by atoms with Crippen LogP contribution in [0.5, 0.6) is 0 Å². The molecule has 2 rings (SSSR count). The quantitative estimate of drug-likeness (QED) is 0.797. The third-order valence-electron chi connectivity index (χ3n) is 2.53. The largest absolute Gasteiger partial charge is 0.287 e. The van der Waals surface area contributed by atoms with Crippen molar-refractivity contribution in [3.05, 3.63) is 50.7 Å². The van der Waals surface area contributed by atoms with Gasteiger partial charge in [0.2, 0.25) is 5.78 Å². The van der Waals surface area contributed by atoms with Crippen molar-refractivity contribution in [2.24, 2.45) is 7.05 Å². The first-order valence-electron chi connectivity index (χ1n) is 4.99. The summed E-state index contributed by atoms with van der Waals surface area (Å²) in [5.41, 5.74) is 2.03. The molecule has 1 heterocycles. The van der Waals surface area contributed by atoms with E-state index < -0.39 is 0 Å². The third-order valence-corrected chi connectivity index (χ3v) is 3.70. The SMILES string of the molecule is Cc1cc(C(=O)c2c(Cl)cnn2C)ccc1Br. The van der Waals surface area contributed by atoms with Crippen molar-refractivity contribution in [1.82, 2.24) is 9.78 Å². The molecule has 0 atom stereocenters. The molecule has 0 saturated carbocycles. The number of rotatable bonds is 2. The van der Waals surface area contributed by atoms with Crippen molar-refractivity contribution in [3.8, 4) is 0 Å². The van der Waals surface area contributed by atoms with Gasteiger partial charge < -0.3 is 0 Å². The van der Waals surface area contributed by atoms with Crippen molar-refractivity contribution < 1.29 is 4.79 Å². The molecule has 1 aromatic heterocycles. The number of aryl methyl sites for hydroxylation is 2. The van der Waals surface area contributed by atoms with Gasteiger partial charge in [-0.3, -0.25) is 9.48 Å². The lowest BCUT2D eigenvalue weighted by Gasteiger charge is -2.04. The second kappa shape index (κ2) is 4.63. The molecule has 0 saturated heterocycles. The second-order valence-corrected chi connectivity index (χ2v) is 5.02. The molecule has 0 bridgehead atoms. The normalized spacial score (nSPS) is 10.6. The number of halogens is 2. The van der Waals surface area contributed by atoms with Gasteiger partial charge in [0, 0.05) is 17.1 Å². The number of nitrogens with zero attached hydrogens (tertiary/aromatic N) is 2. The molecule has 1 aromatic carbocycles. The van der Waals surface area contributed by atoms with Crippen LogP contribution >= 0.6 is 27.5 Å². The predicted octanol–water partition coefficient (Wildman–Crippen LogP) is 3.38. The van der Waals surface area contributed by atoms with Crippen LogP contribution in [-0.2, 0) is 7.05 Å². The first kappa shape index (κ1) is 12.3. The molecule has 0 radical (unpaired) electrons. The zero-order valence-electron chi connectivity index (χ0n) is 9.37. The predicted molar refractivity (Wildman–Crippen MR) is 70.5 cm³/mol. The number of benzene rings is 1. The van der Waals surface area contributed by atoms with E-state index in [2.05, 4.69) is 21.0 Å². The van der Waals surface area contributed by atoms with Gasteiger partial charge in [-0.2, -0.15) is 5.10 Å². The molecule has 0 N–H and O–H groups in total. The summed E-state index contributed by atoms with van der Waals surface area (Å²) >= 11 is 9.35. The van der Waals surface area contributed by atoms with Gasteiger partial charge in [-0.25, -0.2) is 0 Å². The number of hydrogen-bond acceptors (Lipinski definition) is 2. The molecule has 0 aliphatic carbocycles. The monoisotopic (exact) mass is 312 g/mol. The summed E-state index contributed by atoms with van der Waals surface area (Å²) in [5, 5.41) is 4.33. The van der Waals surface area contributed by atoms with Crippen molar-refractivity contribution in [1.29, 1.82) is 0 Å². The Morgan fingerprint density at radius 1 is 1.47 bits per heavy atom. The van der Waals surface area contributed by atoms with E-state index in [0.717, 1.165) is 10.0 Å². The van der Waals surface area contributed by atoms with Gasteiger partial charge in [-0.1, -0.05) is 27.5 Å². The Bertz CT molecular complexity index is 573. The summed E-state index contributed by atoms with van der Waals surface area (Å²) in [4.78, 5) is 12.3. The minimum atomic E-state index is -0.120. The number of hydrogen-bond donors (Lipinski definition) is 0. The number of carbonyl (C=O) groups excluding carboxylic acids is 1. The Balaban J connectivity index is 2.48. The van der Waals surface area contributed by atoms with Gasteiger partial charge in [0.15, 0.2) is 0 Å². The van der Waals surface area contributed by atoms with Crippen molar-refractivity contribution in [2.75, 3.05) is 0 Å². The van der Waals surface area contributed by atoms with Crippen molar-refractivity contribution in [3.63, 3.8) is 0 Å². The molecule has 3 nitrogen and oxygen atoms in total. The Hall–Kier alpha value is -1.13. The zero-order valence-corrected chi connectivity index (χ0v) is 11.7. The molecule has 0 spiro atoms. The van der Waals surface area contributed by atoms with Crippen LogP contribution in [0.15, 0.2) is 28.9 Å². The van der Waals surface area contributed by atoms with E-state index in [1.54, 1.807) is 13.1 Å². The zero-order chi connectivity index (χ0) is 12.6. The van der Waals surface area contributed by atoms with E-state index in [9.17, 15) is 4.79 Å². The van der Waals surface area contributed by atoms with Crippen LogP contribution in [0, 0.1) is 6.92 Å². The van der Waals surface area contributed by atoms with E-state index in [-0.39, 0.29) is 5.78 Å². The number of aromatic nitrogens is 2. The van der Waals surface area contributed by atoms with Crippen LogP contribution in [0.2, 0.25) is 5.02 Å². The summed E-state index contributed by atoms with van der Waals surface area (Å²) in [7, 11) is 1.70. The molecule has 88 valence electrons. The smallest absolute Gasteiger partial charge is 0.212 e. The lowest BCUT2D eigenvalue weighted by molar-refractivity contribution is 0.103. The van der Waals surface area contributed by atoms with Gasteiger partial charge in [-0.05, 0) is 30.7 Å². The molecular weight excluding hydrogens is 304 g/mol. The molecule has 0 amide bonds. The summed E-state index contributed by atoms with van der Waals surface area (Å²) in [6.45, 7) is 1.94. The maximum atomic E-state index is 12.3. The van der Waals surface area contributed by atoms with Gasteiger partial charge in [-0.15, -0.1) is 0 Å². The van der Waals surface area contributed by atoms with Crippen molar-refractivity contribution in [2.45, 2.75) is 6.92 Å². The van der Waals surface area contributed by atoms with Crippen LogP contribution in [0.4, 0.5) is 0 Å². The van der Waals surface area contributed by atoms with E-state index in [0.29, 0.717) is 16.3 Å². The maximum Gasteiger partial charge on any atom is 0.212 e. The van der Waals surface area contributed by atoms with Crippen LogP contribution in [0.25, 0.3) is 0 Å². The topological polar surface area (TPSA) is 34.9 Å². The first-order chi connectivity index (χ1) is 8.00. The highest BCUT2D eigenvalue weighted by Crippen LogP contribution is 2.22. The van der Waals surface area contributed by atoms with E-state index in [1.165, 1.54) is 10.9 Å². The molecule has 2 aromatic rings.